The summed E-state index contributed by atoms with van der Waals surface area (Å²) in [6.45, 7) is 6.72. The van der Waals surface area contributed by atoms with Crippen LogP contribution in [0.3, 0.4) is 0 Å². The molecule has 0 spiro atoms. The molecule has 1 saturated heterocycles. The first-order valence-electron chi connectivity index (χ1n) is 9.29. The zero-order valence-electron chi connectivity index (χ0n) is 14.8. The Kier molecular flexibility index (Phi) is 6.88. The smallest absolute Gasteiger partial charge is 0.239 e. The number of nitrogens with two attached hydrogens (primary N) is 1. The van der Waals surface area contributed by atoms with Crippen LogP contribution in [0.1, 0.15) is 58.8 Å². The van der Waals surface area contributed by atoms with Crippen LogP contribution in [0.15, 0.2) is 0 Å². The zero-order chi connectivity index (χ0) is 16.8. The Labute approximate surface area is 140 Å². The van der Waals surface area contributed by atoms with E-state index in [0.29, 0.717) is 38.5 Å². The van der Waals surface area contributed by atoms with Gasteiger partial charge in [0.1, 0.15) is 0 Å². The summed E-state index contributed by atoms with van der Waals surface area (Å²) < 4.78 is 0. The van der Waals surface area contributed by atoms with E-state index < -0.39 is 6.04 Å². The van der Waals surface area contributed by atoms with Crippen LogP contribution in [0, 0.1) is 11.8 Å². The molecule has 2 amide bonds. The summed E-state index contributed by atoms with van der Waals surface area (Å²) in [5.41, 5.74) is 5.99. The van der Waals surface area contributed by atoms with Gasteiger partial charge in [0, 0.05) is 32.6 Å². The van der Waals surface area contributed by atoms with Crippen molar-refractivity contribution in [3.63, 3.8) is 0 Å². The fourth-order valence-electron chi connectivity index (χ4n) is 3.80. The van der Waals surface area contributed by atoms with Crippen molar-refractivity contribution in [1.82, 2.24) is 9.80 Å². The minimum absolute atomic E-state index is 0.0387. The van der Waals surface area contributed by atoms with E-state index >= 15 is 0 Å². The number of carbonyl (C=O) groups excluding carboxylic acids is 2. The molecule has 0 bridgehead atoms. The summed E-state index contributed by atoms with van der Waals surface area (Å²) in [7, 11) is 0. The lowest BCUT2D eigenvalue weighted by Crippen LogP contribution is -2.54. The molecule has 0 aromatic heterocycles. The molecular formula is C18H33N3O2. The summed E-state index contributed by atoms with van der Waals surface area (Å²) in [4.78, 5) is 28.4. The average Bonchev–Trinajstić information content (AvgIpc) is 3.04. The molecule has 5 nitrogen and oxygen atoms in total. The van der Waals surface area contributed by atoms with E-state index in [1.54, 1.807) is 0 Å². The number of hydrogen-bond acceptors (Lipinski definition) is 3. The highest BCUT2D eigenvalue weighted by Gasteiger charge is 2.27. The van der Waals surface area contributed by atoms with Gasteiger partial charge in [-0.25, -0.2) is 0 Å². The van der Waals surface area contributed by atoms with Gasteiger partial charge in [0.2, 0.25) is 11.8 Å². The topological polar surface area (TPSA) is 66.6 Å². The van der Waals surface area contributed by atoms with Crippen molar-refractivity contribution < 1.29 is 9.59 Å². The van der Waals surface area contributed by atoms with Crippen molar-refractivity contribution in [2.75, 3.05) is 26.2 Å². The van der Waals surface area contributed by atoms with Crippen molar-refractivity contribution >= 4 is 11.8 Å². The lowest BCUT2D eigenvalue weighted by Gasteiger charge is -2.36. The van der Waals surface area contributed by atoms with Gasteiger partial charge in [0.05, 0.1) is 6.04 Å². The van der Waals surface area contributed by atoms with Crippen LogP contribution >= 0.6 is 0 Å². The molecule has 0 unspecified atom stereocenters. The number of piperazine rings is 1. The summed E-state index contributed by atoms with van der Waals surface area (Å²) >= 11 is 0. The second kappa shape index (κ2) is 8.67. The van der Waals surface area contributed by atoms with E-state index in [2.05, 4.69) is 13.8 Å². The van der Waals surface area contributed by atoms with E-state index in [9.17, 15) is 9.59 Å². The van der Waals surface area contributed by atoms with E-state index in [1.807, 2.05) is 9.80 Å². The highest BCUT2D eigenvalue weighted by Crippen LogP contribution is 2.28. The van der Waals surface area contributed by atoms with Gasteiger partial charge in [-0.2, -0.15) is 0 Å². The molecule has 2 aliphatic rings. The molecule has 1 aliphatic carbocycles. The monoisotopic (exact) mass is 323 g/mol. The van der Waals surface area contributed by atoms with Crippen molar-refractivity contribution in [3.05, 3.63) is 0 Å². The molecule has 0 aromatic carbocycles. The molecule has 23 heavy (non-hydrogen) atoms. The first-order valence-corrected chi connectivity index (χ1v) is 9.29. The third-order valence-electron chi connectivity index (χ3n) is 5.23. The highest BCUT2D eigenvalue weighted by molar-refractivity contribution is 5.82. The Balaban J connectivity index is 1.70. The van der Waals surface area contributed by atoms with E-state index in [4.69, 9.17) is 5.73 Å². The number of nitrogens with zero attached hydrogens (tertiary/aromatic N) is 2. The van der Waals surface area contributed by atoms with Gasteiger partial charge >= 0.3 is 0 Å². The molecule has 1 aliphatic heterocycles. The largest absolute Gasteiger partial charge is 0.339 e. The summed E-state index contributed by atoms with van der Waals surface area (Å²) in [6, 6.07) is -0.403. The standard InChI is InChI=1S/C18H33N3O2/c1-14(2)13-16(19)18(23)21-11-9-20(10-12-21)17(22)8-7-15-5-3-4-6-15/h14-16H,3-13,19H2,1-2H3/t16-/m0/s1. The average molecular weight is 323 g/mol. The molecule has 2 N–H and O–H groups in total. The second-order valence-corrected chi connectivity index (χ2v) is 7.63. The van der Waals surface area contributed by atoms with E-state index in [0.717, 1.165) is 18.8 Å². The maximum atomic E-state index is 12.3. The van der Waals surface area contributed by atoms with E-state index in [-0.39, 0.29) is 11.8 Å². The Bertz CT molecular complexity index is 397. The molecule has 5 heteroatoms. The minimum Gasteiger partial charge on any atom is -0.339 e. The predicted octanol–water partition coefficient (Wildman–Crippen LogP) is 2.00. The Hall–Kier alpha value is -1.10. The van der Waals surface area contributed by atoms with Crippen LogP contribution in [0.5, 0.6) is 0 Å². The first-order chi connectivity index (χ1) is 11.0. The number of hydrogen-bond donors (Lipinski definition) is 1. The zero-order valence-corrected chi connectivity index (χ0v) is 14.8. The van der Waals surface area contributed by atoms with Gasteiger partial charge in [-0.1, -0.05) is 39.5 Å². The van der Waals surface area contributed by atoms with Crippen LogP contribution in [0.4, 0.5) is 0 Å². The third kappa shape index (κ3) is 5.48. The maximum absolute atomic E-state index is 12.3. The summed E-state index contributed by atoms with van der Waals surface area (Å²) in [5.74, 6) is 1.48. The summed E-state index contributed by atoms with van der Waals surface area (Å²) in [5, 5.41) is 0. The van der Waals surface area contributed by atoms with Gasteiger partial charge in [-0.3, -0.25) is 9.59 Å². The van der Waals surface area contributed by atoms with Gasteiger partial charge in [-0.15, -0.1) is 0 Å². The SMILES string of the molecule is CC(C)C[C@H](N)C(=O)N1CCN(C(=O)CCC2CCCC2)CC1. The molecule has 1 heterocycles. The number of carbonyl (C=O) groups is 2. The molecule has 1 saturated carbocycles. The van der Waals surface area contributed by atoms with Crippen molar-refractivity contribution in [2.24, 2.45) is 17.6 Å². The minimum atomic E-state index is -0.403. The van der Waals surface area contributed by atoms with Crippen LogP contribution in [-0.2, 0) is 9.59 Å². The van der Waals surface area contributed by atoms with E-state index in [1.165, 1.54) is 25.7 Å². The van der Waals surface area contributed by atoms with Crippen LogP contribution in [-0.4, -0.2) is 53.8 Å². The third-order valence-corrected chi connectivity index (χ3v) is 5.23. The van der Waals surface area contributed by atoms with Crippen molar-refractivity contribution in [2.45, 2.75) is 64.8 Å². The Morgan fingerprint density at radius 3 is 2.17 bits per heavy atom. The van der Waals surface area contributed by atoms with Crippen LogP contribution < -0.4 is 5.73 Å². The molecular weight excluding hydrogens is 290 g/mol. The molecule has 2 rings (SSSR count). The van der Waals surface area contributed by atoms with Gasteiger partial charge in [-0.05, 0) is 24.7 Å². The van der Waals surface area contributed by atoms with Gasteiger partial charge < -0.3 is 15.5 Å². The first kappa shape index (κ1) is 18.2. The predicted molar refractivity (Wildman–Crippen MR) is 91.8 cm³/mol. The number of rotatable bonds is 6. The Morgan fingerprint density at radius 2 is 1.61 bits per heavy atom. The molecule has 2 fully saturated rings. The molecule has 0 radical (unpaired) electrons. The fourth-order valence-corrected chi connectivity index (χ4v) is 3.80. The van der Waals surface area contributed by atoms with Crippen molar-refractivity contribution in [1.29, 1.82) is 0 Å². The fraction of sp³-hybridized carbons (Fsp3) is 0.889. The quantitative estimate of drug-likeness (QED) is 0.813. The van der Waals surface area contributed by atoms with Crippen LogP contribution in [0.2, 0.25) is 0 Å². The number of amides is 2. The summed E-state index contributed by atoms with van der Waals surface area (Å²) in [6.07, 6.45) is 7.68. The van der Waals surface area contributed by atoms with Crippen molar-refractivity contribution in [3.8, 4) is 0 Å². The second-order valence-electron chi connectivity index (χ2n) is 7.63. The van der Waals surface area contributed by atoms with Gasteiger partial charge in [0.15, 0.2) is 0 Å². The normalized spacial score (nSPS) is 21.0. The molecule has 132 valence electrons. The molecule has 0 aromatic rings. The molecule has 1 atom stereocenters. The van der Waals surface area contributed by atoms with Crippen LogP contribution in [0.25, 0.3) is 0 Å². The van der Waals surface area contributed by atoms with Gasteiger partial charge in [0.25, 0.3) is 0 Å². The maximum Gasteiger partial charge on any atom is 0.239 e. The highest BCUT2D eigenvalue weighted by atomic mass is 16.2. The Morgan fingerprint density at radius 1 is 1.04 bits per heavy atom. The lowest BCUT2D eigenvalue weighted by molar-refractivity contribution is -0.140. The lowest BCUT2D eigenvalue weighted by atomic mass is 10.0.